The topological polar surface area (TPSA) is 38.0 Å². The van der Waals surface area contributed by atoms with Crippen LogP contribution in [0.15, 0.2) is 54.7 Å². The number of benzene rings is 2. The SMILES string of the molecule is COc1ccc(C(=C(F)F)c2cn(C)c3ccc(C#N)cc23)cc1. The van der Waals surface area contributed by atoms with Crippen LogP contribution in [0.2, 0.25) is 0 Å². The lowest BCUT2D eigenvalue weighted by Gasteiger charge is -2.07. The molecule has 0 radical (unpaired) electrons. The lowest BCUT2D eigenvalue weighted by Crippen LogP contribution is -1.90. The summed E-state index contributed by atoms with van der Waals surface area (Å²) in [4.78, 5) is 0. The Hall–Kier alpha value is -3.13. The maximum Gasteiger partial charge on any atom is 0.278 e. The molecule has 5 heteroatoms. The first-order valence-electron chi connectivity index (χ1n) is 7.24. The van der Waals surface area contributed by atoms with Crippen LogP contribution < -0.4 is 4.74 Å². The Balaban J connectivity index is 2.25. The predicted molar refractivity (Wildman–Crippen MR) is 88.9 cm³/mol. The molecular formula is C19H14F2N2O. The fourth-order valence-electron chi connectivity index (χ4n) is 2.78. The fourth-order valence-corrected chi connectivity index (χ4v) is 2.78. The molecule has 0 bridgehead atoms. The second-order valence-corrected chi connectivity index (χ2v) is 5.36. The molecule has 0 fully saturated rings. The number of aromatic nitrogens is 1. The van der Waals surface area contributed by atoms with Crippen molar-refractivity contribution in [3.8, 4) is 11.8 Å². The summed E-state index contributed by atoms with van der Waals surface area (Å²) in [5.41, 5.74) is 1.87. The minimum absolute atomic E-state index is 0.140. The van der Waals surface area contributed by atoms with Crippen molar-refractivity contribution < 1.29 is 13.5 Å². The molecule has 0 aliphatic rings. The van der Waals surface area contributed by atoms with Gasteiger partial charge in [0.25, 0.3) is 6.08 Å². The Morgan fingerprint density at radius 3 is 2.42 bits per heavy atom. The van der Waals surface area contributed by atoms with Gasteiger partial charge in [-0.05, 0) is 35.9 Å². The Morgan fingerprint density at radius 2 is 1.83 bits per heavy atom. The molecule has 0 spiro atoms. The molecule has 0 aliphatic heterocycles. The molecule has 0 saturated heterocycles. The largest absolute Gasteiger partial charge is 0.497 e. The van der Waals surface area contributed by atoms with Gasteiger partial charge in [-0.2, -0.15) is 14.0 Å². The molecule has 24 heavy (non-hydrogen) atoms. The molecule has 0 atom stereocenters. The third-order valence-electron chi connectivity index (χ3n) is 3.96. The minimum atomic E-state index is -1.77. The van der Waals surface area contributed by atoms with Crippen LogP contribution in [-0.4, -0.2) is 11.7 Å². The quantitative estimate of drug-likeness (QED) is 0.699. The molecule has 0 aliphatic carbocycles. The van der Waals surface area contributed by atoms with Gasteiger partial charge in [-0.15, -0.1) is 0 Å². The second kappa shape index (κ2) is 6.17. The van der Waals surface area contributed by atoms with E-state index in [0.29, 0.717) is 27.8 Å². The Morgan fingerprint density at radius 1 is 1.12 bits per heavy atom. The number of halogens is 2. The van der Waals surface area contributed by atoms with Crippen LogP contribution in [0.1, 0.15) is 16.7 Å². The van der Waals surface area contributed by atoms with Gasteiger partial charge in [0.1, 0.15) is 5.75 Å². The normalized spacial score (nSPS) is 10.5. The summed E-state index contributed by atoms with van der Waals surface area (Å²) < 4.78 is 34.3. The van der Waals surface area contributed by atoms with E-state index in [-0.39, 0.29) is 5.57 Å². The van der Waals surface area contributed by atoms with Crippen LogP contribution in [0.4, 0.5) is 8.78 Å². The van der Waals surface area contributed by atoms with Gasteiger partial charge in [-0.25, -0.2) is 0 Å². The van der Waals surface area contributed by atoms with Gasteiger partial charge in [0.2, 0.25) is 0 Å². The van der Waals surface area contributed by atoms with Crippen molar-refractivity contribution in [1.29, 1.82) is 5.26 Å². The molecule has 3 nitrogen and oxygen atoms in total. The van der Waals surface area contributed by atoms with E-state index in [1.165, 1.54) is 7.11 Å². The zero-order valence-electron chi connectivity index (χ0n) is 13.2. The molecular weight excluding hydrogens is 310 g/mol. The molecule has 2 aromatic carbocycles. The fraction of sp³-hybridized carbons (Fsp3) is 0.105. The van der Waals surface area contributed by atoms with Crippen LogP contribution in [0.3, 0.4) is 0 Å². The molecule has 1 aromatic heterocycles. The maximum absolute atomic E-state index is 13.7. The van der Waals surface area contributed by atoms with Crippen LogP contribution in [0, 0.1) is 11.3 Å². The van der Waals surface area contributed by atoms with Crippen molar-refractivity contribution in [2.24, 2.45) is 7.05 Å². The number of rotatable bonds is 3. The first-order chi connectivity index (χ1) is 11.5. The molecule has 3 aromatic rings. The van der Waals surface area contributed by atoms with Gasteiger partial charge >= 0.3 is 0 Å². The number of methoxy groups -OCH3 is 1. The van der Waals surface area contributed by atoms with Crippen LogP contribution in [0.25, 0.3) is 16.5 Å². The number of hydrogen-bond donors (Lipinski definition) is 0. The van der Waals surface area contributed by atoms with Gasteiger partial charge in [-0.1, -0.05) is 12.1 Å². The molecule has 0 N–H and O–H groups in total. The zero-order valence-corrected chi connectivity index (χ0v) is 13.2. The molecule has 0 amide bonds. The van der Waals surface area contributed by atoms with Crippen molar-refractivity contribution in [3.05, 3.63) is 71.4 Å². The summed E-state index contributed by atoms with van der Waals surface area (Å²) in [6.07, 6.45) is -0.111. The Kier molecular flexibility index (Phi) is 4.05. The van der Waals surface area contributed by atoms with E-state index in [9.17, 15) is 8.78 Å². The third kappa shape index (κ3) is 2.63. The lowest BCUT2D eigenvalue weighted by molar-refractivity contribution is 0.414. The first kappa shape index (κ1) is 15.8. The molecule has 0 saturated carbocycles. The number of fused-ring (bicyclic) bond motifs is 1. The average Bonchev–Trinajstić information content (AvgIpc) is 2.91. The van der Waals surface area contributed by atoms with Crippen LogP contribution in [0.5, 0.6) is 5.75 Å². The average molecular weight is 324 g/mol. The van der Waals surface area contributed by atoms with E-state index in [0.717, 1.165) is 5.52 Å². The Bertz CT molecular complexity index is 975. The van der Waals surface area contributed by atoms with Crippen molar-refractivity contribution in [2.75, 3.05) is 7.11 Å². The highest BCUT2D eigenvalue weighted by Crippen LogP contribution is 2.35. The third-order valence-corrected chi connectivity index (χ3v) is 3.96. The standard InChI is InChI=1S/C19H14F2N2O/c1-23-11-16(15-9-12(10-22)3-8-17(15)23)18(19(20)21)13-4-6-14(24-2)7-5-13/h3-9,11H,1-2H3. The van der Waals surface area contributed by atoms with Crippen molar-refractivity contribution in [3.63, 3.8) is 0 Å². The van der Waals surface area contributed by atoms with E-state index in [4.69, 9.17) is 10.00 Å². The highest BCUT2D eigenvalue weighted by Gasteiger charge is 2.18. The predicted octanol–water partition coefficient (Wildman–Crippen LogP) is 4.71. The van der Waals surface area contributed by atoms with Gasteiger partial charge in [0.05, 0.1) is 24.3 Å². The molecule has 0 unspecified atom stereocenters. The number of nitrogens with zero attached hydrogens (tertiary/aromatic N) is 2. The number of hydrogen-bond acceptors (Lipinski definition) is 2. The van der Waals surface area contributed by atoms with Crippen LogP contribution >= 0.6 is 0 Å². The summed E-state index contributed by atoms with van der Waals surface area (Å²) in [5, 5.41) is 9.71. The van der Waals surface area contributed by atoms with Crippen molar-refractivity contribution in [2.45, 2.75) is 0 Å². The number of ether oxygens (including phenoxy) is 1. The number of nitriles is 1. The minimum Gasteiger partial charge on any atom is -0.497 e. The smallest absolute Gasteiger partial charge is 0.278 e. The summed E-state index contributed by atoms with van der Waals surface area (Å²) in [7, 11) is 3.31. The van der Waals surface area contributed by atoms with Crippen LogP contribution in [-0.2, 0) is 7.05 Å². The van der Waals surface area contributed by atoms with Gasteiger partial charge in [0, 0.05) is 29.7 Å². The van der Waals surface area contributed by atoms with E-state index < -0.39 is 6.08 Å². The summed E-state index contributed by atoms with van der Waals surface area (Å²) in [5.74, 6) is 0.599. The first-order valence-corrected chi connectivity index (χ1v) is 7.24. The summed E-state index contributed by atoms with van der Waals surface area (Å²) in [6, 6.07) is 13.6. The monoisotopic (exact) mass is 324 g/mol. The highest BCUT2D eigenvalue weighted by atomic mass is 19.3. The molecule has 120 valence electrons. The van der Waals surface area contributed by atoms with Gasteiger partial charge in [-0.3, -0.25) is 0 Å². The highest BCUT2D eigenvalue weighted by molar-refractivity contribution is 5.98. The van der Waals surface area contributed by atoms with Gasteiger partial charge < -0.3 is 9.30 Å². The maximum atomic E-state index is 13.7. The zero-order chi connectivity index (χ0) is 17.3. The molecule has 1 heterocycles. The summed E-state index contributed by atoms with van der Waals surface area (Å²) in [6.45, 7) is 0. The van der Waals surface area contributed by atoms with E-state index in [1.807, 2.05) is 6.07 Å². The van der Waals surface area contributed by atoms with Gasteiger partial charge in [0.15, 0.2) is 0 Å². The molecule has 3 rings (SSSR count). The number of aryl methyl sites for hydroxylation is 1. The van der Waals surface area contributed by atoms with E-state index in [1.54, 1.807) is 60.3 Å². The van der Waals surface area contributed by atoms with Crippen molar-refractivity contribution >= 4 is 16.5 Å². The lowest BCUT2D eigenvalue weighted by atomic mass is 9.97. The van der Waals surface area contributed by atoms with E-state index in [2.05, 4.69) is 0 Å². The second-order valence-electron chi connectivity index (χ2n) is 5.36. The Labute approximate surface area is 138 Å². The van der Waals surface area contributed by atoms with Crippen molar-refractivity contribution in [1.82, 2.24) is 4.57 Å². The van der Waals surface area contributed by atoms with E-state index >= 15 is 0 Å². The summed E-state index contributed by atoms with van der Waals surface area (Å²) >= 11 is 0.